The molecule has 1 aliphatic heterocycles. The zero-order valence-electron chi connectivity index (χ0n) is 14.3. The number of aromatic nitrogens is 5. The van der Waals surface area contributed by atoms with Crippen molar-refractivity contribution < 1.29 is 4.39 Å². The Bertz CT molecular complexity index is 1220. The number of hydrogen-bond acceptors (Lipinski definition) is 5. The largest absolute Gasteiger partial charge is 0.376 e. The van der Waals surface area contributed by atoms with Gasteiger partial charge >= 0.3 is 0 Å². The van der Waals surface area contributed by atoms with Gasteiger partial charge in [-0.25, -0.2) is 14.5 Å². The molecule has 0 spiro atoms. The summed E-state index contributed by atoms with van der Waals surface area (Å²) in [4.78, 5) is 16.7. The molecule has 0 unspecified atom stereocenters. The van der Waals surface area contributed by atoms with Gasteiger partial charge in [-0.05, 0) is 17.7 Å². The van der Waals surface area contributed by atoms with Crippen LogP contribution in [0.1, 0.15) is 29.0 Å². The van der Waals surface area contributed by atoms with E-state index < -0.39 is 11.4 Å². The molecule has 2 atom stereocenters. The highest BCUT2D eigenvalue weighted by Crippen LogP contribution is 2.45. The molecule has 0 saturated carbocycles. The lowest BCUT2D eigenvalue weighted by atomic mass is 9.83. The number of H-pyrrole nitrogens is 1. The quantitative estimate of drug-likeness (QED) is 0.572. The van der Waals surface area contributed by atoms with Gasteiger partial charge in [-0.3, -0.25) is 9.48 Å². The zero-order valence-corrected chi connectivity index (χ0v) is 14.3. The van der Waals surface area contributed by atoms with E-state index in [4.69, 9.17) is 0 Å². The normalized spacial score (nSPS) is 18.4. The highest BCUT2D eigenvalue weighted by atomic mass is 19.1. The van der Waals surface area contributed by atoms with E-state index in [1.807, 2.05) is 37.4 Å². The lowest BCUT2D eigenvalue weighted by Gasteiger charge is -2.33. The molecule has 3 heterocycles. The molecular formula is C19H15FN6O. The van der Waals surface area contributed by atoms with Crippen molar-refractivity contribution in [3.05, 3.63) is 82.0 Å². The van der Waals surface area contributed by atoms with E-state index in [0.717, 1.165) is 5.56 Å². The van der Waals surface area contributed by atoms with Crippen LogP contribution in [0.4, 0.5) is 10.1 Å². The molecule has 0 radical (unpaired) electrons. The lowest BCUT2D eigenvalue weighted by Crippen LogP contribution is -2.30. The van der Waals surface area contributed by atoms with Crippen LogP contribution in [0.2, 0.25) is 0 Å². The van der Waals surface area contributed by atoms with Gasteiger partial charge < -0.3 is 5.32 Å². The molecule has 27 heavy (non-hydrogen) atoms. The zero-order chi connectivity index (χ0) is 18.5. The molecule has 0 amide bonds. The van der Waals surface area contributed by atoms with Crippen molar-refractivity contribution in [2.24, 2.45) is 7.05 Å². The average molecular weight is 362 g/mol. The van der Waals surface area contributed by atoms with Gasteiger partial charge in [-0.15, -0.1) is 0 Å². The number of aromatic amines is 1. The van der Waals surface area contributed by atoms with Crippen LogP contribution in [0.15, 0.2) is 53.6 Å². The van der Waals surface area contributed by atoms with Crippen molar-refractivity contribution in [2.45, 2.75) is 12.0 Å². The highest BCUT2D eigenvalue weighted by Gasteiger charge is 2.37. The Morgan fingerprint density at radius 1 is 1.19 bits per heavy atom. The predicted octanol–water partition coefficient (Wildman–Crippen LogP) is 2.49. The number of rotatable bonds is 2. The van der Waals surface area contributed by atoms with Crippen LogP contribution < -0.4 is 10.9 Å². The molecule has 0 aliphatic carbocycles. The fraction of sp³-hybridized carbons (Fsp3) is 0.158. The SMILES string of the molecule is Cn1ncnc1[C@H]1c2n[nH]c(=O)c3cc(F)cc(c23)N[C@@H]1c1ccccc1. The average Bonchev–Trinajstić information content (AvgIpc) is 3.10. The number of nitrogens with zero attached hydrogens (tertiary/aromatic N) is 4. The van der Waals surface area contributed by atoms with Crippen LogP contribution in [-0.4, -0.2) is 25.0 Å². The smallest absolute Gasteiger partial charge is 0.272 e. The van der Waals surface area contributed by atoms with Crippen molar-refractivity contribution in [1.29, 1.82) is 0 Å². The molecular weight excluding hydrogens is 347 g/mol. The molecule has 134 valence electrons. The Morgan fingerprint density at radius 3 is 2.74 bits per heavy atom. The first-order chi connectivity index (χ1) is 13.1. The van der Waals surface area contributed by atoms with Crippen LogP contribution in [-0.2, 0) is 7.05 Å². The second kappa shape index (κ2) is 5.73. The Labute approximate surface area is 152 Å². The van der Waals surface area contributed by atoms with Crippen LogP contribution >= 0.6 is 0 Å². The molecule has 2 aromatic carbocycles. The molecule has 7 nitrogen and oxygen atoms in total. The van der Waals surface area contributed by atoms with Gasteiger partial charge in [-0.2, -0.15) is 10.2 Å². The maximum Gasteiger partial charge on any atom is 0.272 e. The number of hydrogen-bond donors (Lipinski definition) is 2. The lowest BCUT2D eigenvalue weighted by molar-refractivity contribution is 0.564. The van der Waals surface area contributed by atoms with E-state index in [1.54, 1.807) is 4.68 Å². The summed E-state index contributed by atoms with van der Waals surface area (Å²) >= 11 is 0. The van der Waals surface area contributed by atoms with Gasteiger partial charge in [0.2, 0.25) is 0 Å². The summed E-state index contributed by atoms with van der Waals surface area (Å²) in [5.41, 5.74) is 1.77. The van der Waals surface area contributed by atoms with E-state index in [0.29, 0.717) is 22.6 Å². The van der Waals surface area contributed by atoms with Gasteiger partial charge in [0, 0.05) is 18.1 Å². The molecule has 2 aromatic heterocycles. The summed E-state index contributed by atoms with van der Waals surface area (Å²) in [6.07, 6.45) is 1.49. The summed E-state index contributed by atoms with van der Waals surface area (Å²) < 4.78 is 15.8. The third-order valence-corrected chi connectivity index (χ3v) is 5.00. The summed E-state index contributed by atoms with van der Waals surface area (Å²) in [5.74, 6) is -0.0824. The molecule has 2 N–H and O–H groups in total. The van der Waals surface area contributed by atoms with Crippen molar-refractivity contribution in [2.75, 3.05) is 5.32 Å². The Hall–Kier alpha value is -3.55. The Morgan fingerprint density at radius 2 is 2.00 bits per heavy atom. The Kier molecular flexibility index (Phi) is 3.33. The number of benzene rings is 2. The van der Waals surface area contributed by atoms with Crippen LogP contribution in [0.3, 0.4) is 0 Å². The van der Waals surface area contributed by atoms with Gasteiger partial charge in [0.15, 0.2) is 0 Å². The van der Waals surface area contributed by atoms with E-state index in [-0.39, 0.29) is 17.3 Å². The summed E-state index contributed by atoms with van der Waals surface area (Å²) in [6.45, 7) is 0. The third kappa shape index (κ3) is 2.33. The van der Waals surface area contributed by atoms with Crippen LogP contribution in [0.25, 0.3) is 10.8 Å². The first-order valence-corrected chi connectivity index (χ1v) is 8.50. The van der Waals surface area contributed by atoms with Crippen LogP contribution in [0, 0.1) is 5.82 Å². The first-order valence-electron chi connectivity index (χ1n) is 8.50. The monoisotopic (exact) mass is 362 g/mol. The van der Waals surface area contributed by atoms with Crippen molar-refractivity contribution >= 4 is 16.5 Å². The molecule has 0 fully saturated rings. The number of aryl methyl sites for hydroxylation is 1. The highest BCUT2D eigenvalue weighted by molar-refractivity contribution is 5.97. The molecule has 0 bridgehead atoms. The fourth-order valence-electron chi connectivity index (χ4n) is 3.83. The molecule has 8 heteroatoms. The molecule has 5 rings (SSSR count). The molecule has 1 aliphatic rings. The maximum absolute atomic E-state index is 14.1. The second-order valence-electron chi connectivity index (χ2n) is 6.57. The Balaban J connectivity index is 1.85. The minimum absolute atomic E-state index is 0.245. The first kappa shape index (κ1) is 15.7. The van der Waals surface area contributed by atoms with Crippen LogP contribution in [0.5, 0.6) is 0 Å². The van der Waals surface area contributed by atoms with E-state index in [9.17, 15) is 9.18 Å². The summed E-state index contributed by atoms with van der Waals surface area (Å²) in [7, 11) is 1.81. The van der Waals surface area contributed by atoms with E-state index in [1.165, 1.54) is 18.5 Å². The topological polar surface area (TPSA) is 88.5 Å². The third-order valence-electron chi connectivity index (χ3n) is 5.00. The standard InChI is InChI=1S/C19H15FN6O/c1-26-18(21-9-22-26)15-16(10-5-3-2-4-6-10)23-13-8-11(20)7-12-14(13)17(15)24-25-19(12)27/h2-9,15-16,23H,1H3,(H,25,27)/t15-,16-/m1/s1. The number of anilines is 1. The fourth-order valence-corrected chi connectivity index (χ4v) is 3.83. The van der Waals surface area contributed by atoms with Gasteiger partial charge in [0.25, 0.3) is 5.56 Å². The summed E-state index contributed by atoms with van der Waals surface area (Å²) in [6, 6.07) is 12.2. The van der Waals surface area contributed by atoms with Crippen molar-refractivity contribution in [3.8, 4) is 0 Å². The molecule has 4 aromatic rings. The van der Waals surface area contributed by atoms with E-state index >= 15 is 0 Å². The predicted molar refractivity (Wildman–Crippen MR) is 98.0 cm³/mol. The minimum atomic E-state index is -0.475. The van der Waals surface area contributed by atoms with Gasteiger partial charge in [0.1, 0.15) is 18.0 Å². The number of halogens is 1. The maximum atomic E-state index is 14.1. The number of nitrogens with one attached hydrogen (secondary N) is 2. The van der Waals surface area contributed by atoms with E-state index in [2.05, 4.69) is 25.6 Å². The van der Waals surface area contributed by atoms with Gasteiger partial charge in [0.05, 0.1) is 23.0 Å². The summed E-state index contributed by atoms with van der Waals surface area (Å²) in [5, 5.41) is 15.3. The van der Waals surface area contributed by atoms with Gasteiger partial charge in [-0.1, -0.05) is 30.3 Å². The second-order valence-corrected chi connectivity index (χ2v) is 6.57. The molecule has 0 saturated heterocycles. The minimum Gasteiger partial charge on any atom is -0.376 e. The van der Waals surface area contributed by atoms with Crippen molar-refractivity contribution in [3.63, 3.8) is 0 Å². The van der Waals surface area contributed by atoms with Crippen molar-refractivity contribution in [1.82, 2.24) is 25.0 Å².